The fourth-order valence-corrected chi connectivity index (χ4v) is 2.91. The van der Waals surface area contributed by atoms with Gasteiger partial charge in [-0.05, 0) is 31.7 Å². The van der Waals surface area contributed by atoms with Crippen LogP contribution in [0, 0.1) is 0 Å². The van der Waals surface area contributed by atoms with Gasteiger partial charge in [0.15, 0.2) is 0 Å². The molecule has 0 aliphatic heterocycles. The van der Waals surface area contributed by atoms with E-state index in [1.165, 1.54) is 51.3 Å². The molecule has 19 heavy (non-hydrogen) atoms. The lowest BCUT2D eigenvalue weighted by Gasteiger charge is -2.13. The first-order valence-electron chi connectivity index (χ1n) is 7.18. The first-order valence-corrected chi connectivity index (χ1v) is 7.18. The molecule has 2 saturated carbocycles. The van der Waals surface area contributed by atoms with Crippen LogP contribution >= 0.6 is 0 Å². The third-order valence-corrected chi connectivity index (χ3v) is 4.08. The maximum Gasteiger partial charge on any atom is 0.407 e. The highest BCUT2D eigenvalue weighted by Crippen LogP contribution is 2.43. The molecule has 0 aromatic carbocycles. The number of aromatic nitrogens is 2. The molecule has 1 N–H and O–H groups in total. The number of nitrogens with one attached hydrogen (secondary N) is 1. The van der Waals surface area contributed by atoms with Crippen LogP contribution in [0.1, 0.15) is 61.9 Å². The van der Waals surface area contributed by atoms with Gasteiger partial charge in [0.1, 0.15) is 0 Å². The van der Waals surface area contributed by atoms with Crippen LogP contribution in [0.5, 0.6) is 0 Å². The van der Waals surface area contributed by atoms with Crippen molar-refractivity contribution in [2.24, 2.45) is 0 Å². The lowest BCUT2D eigenvalue weighted by molar-refractivity contribution is 0.170. The molecule has 104 valence electrons. The predicted octanol–water partition coefficient (Wildman–Crippen LogP) is 2.73. The Bertz CT molecular complexity index is 459. The Morgan fingerprint density at radius 2 is 2.16 bits per heavy atom. The van der Waals surface area contributed by atoms with Gasteiger partial charge in [0, 0.05) is 11.6 Å². The fourth-order valence-electron chi connectivity index (χ4n) is 2.91. The van der Waals surface area contributed by atoms with Crippen LogP contribution in [0.25, 0.3) is 0 Å². The average molecular weight is 263 g/mol. The lowest BCUT2D eigenvalue weighted by atomic mass is 10.2. The molecule has 0 atom stereocenters. The second-order valence-electron chi connectivity index (χ2n) is 5.56. The Morgan fingerprint density at radius 1 is 1.42 bits per heavy atom. The molecular weight excluding hydrogens is 242 g/mol. The third kappa shape index (κ3) is 2.74. The van der Waals surface area contributed by atoms with E-state index in [2.05, 4.69) is 20.8 Å². The van der Waals surface area contributed by atoms with E-state index in [0.717, 1.165) is 5.69 Å². The monoisotopic (exact) mass is 263 g/mol. The van der Waals surface area contributed by atoms with E-state index in [1.807, 2.05) is 0 Å². The largest absolute Gasteiger partial charge is 0.453 e. The van der Waals surface area contributed by atoms with E-state index in [-0.39, 0.29) is 0 Å². The summed E-state index contributed by atoms with van der Waals surface area (Å²) in [5.74, 6) is 0.694. The Balaban J connectivity index is 1.74. The van der Waals surface area contributed by atoms with Gasteiger partial charge in [-0.15, -0.1) is 0 Å². The van der Waals surface area contributed by atoms with Gasteiger partial charge < -0.3 is 10.1 Å². The van der Waals surface area contributed by atoms with Gasteiger partial charge in [-0.2, -0.15) is 5.10 Å². The maximum atomic E-state index is 11.1. The van der Waals surface area contributed by atoms with Gasteiger partial charge in [0.05, 0.1) is 25.4 Å². The highest BCUT2D eigenvalue weighted by molar-refractivity contribution is 5.66. The second-order valence-corrected chi connectivity index (χ2v) is 5.56. The molecule has 5 heteroatoms. The minimum absolute atomic E-state index is 0.400. The smallest absolute Gasteiger partial charge is 0.407 e. The number of hydrogen-bond donors (Lipinski definition) is 1. The lowest BCUT2D eigenvalue weighted by Crippen LogP contribution is -2.22. The molecular formula is C14H21N3O2. The first-order chi connectivity index (χ1) is 9.28. The quantitative estimate of drug-likeness (QED) is 0.908. The molecule has 2 aliphatic carbocycles. The minimum Gasteiger partial charge on any atom is -0.453 e. The molecule has 0 spiro atoms. The van der Waals surface area contributed by atoms with Crippen molar-refractivity contribution in [1.29, 1.82) is 0 Å². The molecule has 2 fully saturated rings. The van der Waals surface area contributed by atoms with Crippen molar-refractivity contribution in [2.75, 3.05) is 7.11 Å². The van der Waals surface area contributed by atoms with E-state index in [9.17, 15) is 4.79 Å². The molecule has 2 aliphatic rings. The zero-order chi connectivity index (χ0) is 13.2. The fraction of sp³-hybridized carbons (Fsp3) is 0.714. The Morgan fingerprint density at radius 3 is 2.79 bits per heavy atom. The number of carbonyl (C=O) groups excluding carboxylic acids is 1. The highest BCUT2D eigenvalue weighted by atomic mass is 16.5. The third-order valence-electron chi connectivity index (χ3n) is 4.08. The summed E-state index contributed by atoms with van der Waals surface area (Å²) in [6, 6.07) is 2.73. The Hall–Kier alpha value is -1.52. The van der Waals surface area contributed by atoms with Gasteiger partial charge in [-0.3, -0.25) is 4.68 Å². The summed E-state index contributed by atoms with van der Waals surface area (Å²) in [5, 5.41) is 7.41. The van der Waals surface area contributed by atoms with Crippen LogP contribution in [0.15, 0.2) is 6.07 Å². The molecule has 0 unspecified atom stereocenters. The van der Waals surface area contributed by atoms with E-state index in [1.54, 1.807) is 0 Å². The SMILES string of the molecule is COC(=O)NCc1cc(C2CC2)n(C2CCCC2)n1. The van der Waals surface area contributed by atoms with Gasteiger partial charge in [-0.25, -0.2) is 4.79 Å². The minimum atomic E-state index is -0.400. The van der Waals surface area contributed by atoms with Crippen molar-refractivity contribution in [1.82, 2.24) is 15.1 Å². The van der Waals surface area contributed by atoms with E-state index < -0.39 is 6.09 Å². The van der Waals surface area contributed by atoms with E-state index in [0.29, 0.717) is 18.5 Å². The zero-order valence-corrected chi connectivity index (χ0v) is 11.4. The van der Waals surface area contributed by atoms with Crippen molar-refractivity contribution in [3.63, 3.8) is 0 Å². The van der Waals surface area contributed by atoms with Gasteiger partial charge in [0.25, 0.3) is 0 Å². The van der Waals surface area contributed by atoms with Crippen molar-refractivity contribution in [3.05, 3.63) is 17.5 Å². The Kier molecular flexibility index (Phi) is 3.44. The average Bonchev–Trinajstić information content (AvgIpc) is 2.97. The van der Waals surface area contributed by atoms with Crippen LogP contribution in [0.2, 0.25) is 0 Å². The maximum absolute atomic E-state index is 11.1. The standard InChI is InChI=1S/C14H21N3O2/c1-19-14(18)15-9-11-8-13(10-6-7-10)17(16-11)12-4-2-3-5-12/h8,10,12H,2-7,9H2,1H3,(H,15,18). The number of alkyl carbamates (subject to hydrolysis) is 1. The number of hydrogen-bond acceptors (Lipinski definition) is 3. The summed E-state index contributed by atoms with van der Waals surface area (Å²) in [6.07, 6.45) is 7.26. The van der Waals surface area contributed by atoms with Gasteiger partial charge >= 0.3 is 6.09 Å². The normalized spacial score (nSPS) is 19.6. The van der Waals surface area contributed by atoms with E-state index >= 15 is 0 Å². The summed E-state index contributed by atoms with van der Waals surface area (Å²) in [4.78, 5) is 11.1. The summed E-state index contributed by atoms with van der Waals surface area (Å²) >= 11 is 0. The molecule has 5 nitrogen and oxygen atoms in total. The van der Waals surface area contributed by atoms with Crippen molar-refractivity contribution < 1.29 is 9.53 Å². The van der Waals surface area contributed by atoms with E-state index in [4.69, 9.17) is 5.10 Å². The molecule has 1 amide bonds. The molecule has 0 bridgehead atoms. The van der Waals surface area contributed by atoms with Crippen molar-refractivity contribution in [2.45, 2.75) is 57.0 Å². The number of nitrogens with zero attached hydrogens (tertiary/aromatic N) is 2. The number of ether oxygens (including phenoxy) is 1. The van der Waals surface area contributed by atoms with Crippen LogP contribution in [0.3, 0.4) is 0 Å². The van der Waals surface area contributed by atoms with Crippen LogP contribution < -0.4 is 5.32 Å². The molecule has 1 heterocycles. The summed E-state index contributed by atoms with van der Waals surface area (Å²) in [7, 11) is 1.38. The van der Waals surface area contributed by atoms with Crippen molar-refractivity contribution >= 4 is 6.09 Å². The number of methoxy groups -OCH3 is 1. The van der Waals surface area contributed by atoms with Crippen LogP contribution in [-0.2, 0) is 11.3 Å². The van der Waals surface area contributed by atoms with Crippen molar-refractivity contribution in [3.8, 4) is 0 Å². The zero-order valence-electron chi connectivity index (χ0n) is 11.4. The molecule has 0 saturated heterocycles. The highest BCUT2D eigenvalue weighted by Gasteiger charge is 2.31. The molecule has 1 aromatic heterocycles. The Labute approximate surface area is 113 Å². The number of rotatable bonds is 4. The number of amides is 1. The summed E-state index contributed by atoms with van der Waals surface area (Å²) in [6.45, 7) is 0.451. The molecule has 1 aromatic rings. The number of carbonyl (C=O) groups is 1. The second kappa shape index (κ2) is 5.23. The van der Waals surface area contributed by atoms with Gasteiger partial charge in [0.2, 0.25) is 0 Å². The molecule has 0 radical (unpaired) electrons. The van der Waals surface area contributed by atoms with Crippen LogP contribution in [0.4, 0.5) is 4.79 Å². The summed E-state index contributed by atoms with van der Waals surface area (Å²) < 4.78 is 6.82. The van der Waals surface area contributed by atoms with Gasteiger partial charge in [-0.1, -0.05) is 12.8 Å². The predicted molar refractivity (Wildman–Crippen MR) is 71.0 cm³/mol. The van der Waals surface area contributed by atoms with Crippen LogP contribution in [-0.4, -0.2) is 23.0 Å². The topological polar surface area (TPSA) is 56.1 Å². The first kappa shape index (κ1) is 12.5. The molecule has 3 rings (SSSR count). The summed E-state index contributed by atoms with van der Waals surface area (Å²) in [5.41, 5.74) is 2.31.